The van der Waals surface area contributed by atoms with Crippen LogP contribution in [0.3, 0.4) is 0 Å². The molecule has 0 saturated carbocycles. The van der Waals surface area contributed by atoms with Crippen LogP contribution >= 0.6 is 27.5 Å². The Bertz CT molecular complexity index is 575. The van der Waals surface area contributed by atoms with Gasteiger partial charge in [-0.05, 0) is 53.3 Å². The normalized spacial score (nSPS) is 12.2. The summed E-state index contributed by atoms with van der Waals surface area (Å²) in [5.41, 5.74) is 2.04. The van der Waals surface area contributed by atoms with Crippen molar-refractivity contribution in [1.82, 2.24) is 10.3 Å². The van der Waals surface area contributed by atoms with Crippen molar-refractivity contribution in [2.75, 3.05) is 14.2 Å². The Hall–Kier alpha value is -1.10. The van der Waals surface area contributed by atoms with Crippen molar-refractivity contribution in [3.8, 4) is 5.75 Å². The third kappa shape index (κ3) is 3.72. The van der Waals surface area contributed by atoms with Crippen molar-refractivity contribution in [3.63, 3.8) is 0 Å². The lowest BCUT2D eigenvalue weighted by molar-refractivity contribution is 0.401. The fraction of sp³-hybridized carbons (Fsp3) is 0.267. The number of nitrogens with one attached hydrogen (secondary N) is 1. The summed E-state index contributed by atoms with van der Waals surface area (Å²) in [5.74, 6) is 0.825. The molecule has 2 aromatic rings. The predicted octanol–water partition coefficient (Wildman–Crippen LogP) is 4.01. The molecular formula is C15H16BrClN2O. The van der Waals surface area contributed by atoms with Gasteiger partial charge in [0, 0.05) is 39.4 Å². The van der Waals surface area contributed by atoms with Crippen LogP contribution in [0.5, 0.6) is 5.75 Å². The molecule has 1 atom stereocenters. The summed E-state index contributed by atoms with van der Waals surface area (Å²) in [5, 5.41) is 3.99. The summed E-state index contributed by atoms with van der Waals surface area (Å²) >= 11 is 9.48. The monoisotopic (exact) mass is 354 g/mol. The number of methoxy groups -OCH3 is 1. The van der Waals surface area contributed by atoms with Gasteiger partial charge in [0.1, 0.15) is 5.75 Å². The van der Waals surface area contributed by atoms with E-state index in [-0.39, 0.29) is 6.04 Å². The first-order chi connectivity index (χ1) is 9.63. The first kappa shape index (κ1) is 15.3. The molecular weight excluding hydrogens is 340 g/mol. The highest BCUT2D eigenvalue weighted by atomic mass is 79.9. The Morgan fingerprint density at radius 3 is 2.75 bits per heavy atom. The summed E-state index contributed by atoms with van der Waals surface area (Å²) in [6, 6.07) is 9.74. The topological polar surface area (TPSA) is 34.2 Å². The van der Waals surface area contributed by atoms with Crippen molar-refractivity contribution < 1.29 is 4.74 Å². The van der Waals surface area contributed by atoms with E-state index in [1.807, 2.05) is 37.4 Å². The number of rotatable bonds is 5. The van der Waals surface area contributed by atoms with E-state index in [4.69, 9.17) is 16.3 Å². The molecule has 0 aliphatic heterocycles. The van der Waals surface area contributed by atoms with Gasteiger partial charge < -0.3 is 10.1 Å². The van der Waals surface area contributed by atoms with E-state index in [0.717, 1.165) is 27.9 Å². The molecule has 1 aromatic heterocycles. The number of hydrogen-bond acceptors (Lipinski definition) is 3. The van der Waals surface area contributed by atoms with Gasteiger partial charge >= 0.3 is 0 Å². The zero-order valence-corrected chi connectivity index (χ0v) is 13.7. The fourth-order valence-corrected chi connectivity index (χ4v) is 2.50. The van der Waals surface area contributed by atoms with Crippen LogP contribution in [0.2, 0.25) is 5.02 Å². The molecule has 106 valence electrons. The van der Waals surface area contributed by atoms with Crippen LogP contribution in [0.15, 0.2) is 41.0 Å². The van der Waals surface area contributed by atoms with Crippen molar-refractivity contribution in [1.29, 1.82) is 0 Å². The SMILES string of the molecule is CNC(Cc1ccc(Br)cn1)c1cc(Cl)ccc1OC. The molecule has 0 saturated heterocycles. The van der Waals surface area contributed by atoms with Gasteiger partial charge in [-0.25, -0.2) is 0 Å². The molecule has 0 aliphatic rings. The smallest absolute Gasteiger partial charge is 0.123 e. The number of hydrogen-bond donors (Lipinski definition) is 1. The third-order valence-corrected chi connectivity index (χ3v) is 3.82. The van der Waals surface area contributed by atoms with Crippen molar-refractivity contribution in [2.45, 2.75) is 12.5 Å². The van der Waals surface area contributed by atoms with Gasteiger partial charge in [0.05, 0.1) is 7.11 Å². The lowest BCUT2D eigenvalue weighted by Gasteiger charge is -2.19. The highest BCUT2D eigenvalue weighted by Gasteiger charge is 2.16. The molecule has 0 bridgehead atoms. The zero-order chi connectivity index (χ0) is 14.5. The van der Waals surface area contributed by atoms with Crippen LogP contribution in [0.4, 0.5) is 0 Å². The average molecular weight is 356 g/mol. The maximum absolute atomic E-state index is 6.09. The third-order valence-electron chi connectivity index (χ3n) is 3.12. The van der Waals surface area contributed by atoms with Crippen molar-refractivity contribution in [2.24, 2.45) is 0 Å². The summed E-state index contributed by atoms with van der Waals surface area (Å²) in [6.45, 7) is 0. The number of nitrogens with zero attached hydrogens (tertiary/aromatic N) is 1. The van der Waals surface area contributed by atoms with Crippen molar-refractivity contribution >= 4 is 27.5 Å². The van der Waals surface area contributed by atoms with E-state index in [9.17, 15) is 0 Å². The Morgan fingerprint density at radius 2 is 2.15 bits per heavy atom. The number of benzene rings is 1. The molecule has 0 fully saturated rings. The van der Waals surface area contributed by atoms with Crippen LogP contribution < -0.4 is 10.1 Å². The predicted molar refractivity (Wildman–Crippen MR) is 85.4 cm³/mol. The lowest BCUT2D eigenvalue weighted by atomic mass is 10.0. The molecule has 0 radical (unpaired) electrons. The highest BCUT2D eigenvalue weighted by Crippen LogP contribution is 2.30. The first-order valence-electron chi connectivity index (χ1n) is 6.25. The maximum atomic E-state index is 6.09. The first-order valence-corrected chi connectivity index (χ1v) is 7.42. The molecule has 20 heavy (non-hydrogen) atoms. The quantitative estimate of drug-likeness (QED) is 0.880. The van der Waals surface area contributed by atoms with Gasteiger partial charge in [-0.1, -0.05) is 11.6 Å². The number of aromatic nitrogens is 1. The summed E-state index contributed by atoms with van der Waals surface area (Å²) in [4.78, 5) is 4.41. The number of ether oxygens (including phenoxy) is 1. The molecule has 0 spiro atoms. The van der Waals surface area contributed by atoms with Crippen LogP contribution in [0.25, 0.3) is 0 Å². The van der Waals surface area contributed by atoms with E-state index >= 15 is 0 Å². The molecule has 1 N–H and O–H groups in total. The van der Waals surface area contributed by atoms with Gasteiger partial charge in [0.25, 0.3) is 0 Å². The molecule has 3 nitrogen and oxygen atoms in total. The number of halogens is 2. The summed E-state index contributed by atoms with van der Waals surface area (Å²) in [7, 11) is 3.58. The Labute approximate surface area is 132 Å². The Kier molecular flexibility index (Phi) is 5.40. The summed E-state index contributed by atoms with van der Waals surface area (Å²) < 4.78 is 6.39. The Balaban J connectivity index is 2.28. The lowest BCUT2D eigenvalue weighted by Crippen LogP contribution is -2.20. The highest BCUT2D eigenvalue weighted by molar-refractivity contribution is 9.10. The molecule has 1 heterocycles. The second-order valence-electron chi connectivity index (χ2n) is 4.40. The van der Waals surface area contributed by atoms with Gasteiger partial charge in [-0.15, -0.1) is 0 Å². The Morgan fingerprint density at radius 1 is 1.35 bits per heavy atom. The molecule has 2 rings (SSSR count). The van der Waals surface area contributed by atoms with E-state index in [1.165, 1.54) is 0 Å². The van der Waals surface area contributed by atoms with Gasteiger partial charge in [0.15, 0.2) is 0 Å². The van der Waals surface area contributed by atoms with Crippen LogP contribution in [0, 0.1) is 0 Å². The second-order valence-corrected chi connectivity index (χ2v) is 5.75. The average Bonchev–Trinajstić information content (AvgIpc) is 2.46. The van der Waals surface area contributed by atoms with E-state index < -0.39 is 0 Å². The minimum absolute atomic E-state index is 0.0947. The maximum Gasteiger partial charge on any atom is 0.123 e. The van der Waals surface area contributed by atoms with E-state index in [0.29, 0.717) is 5.02 Å². The van der Waals surface area contributed by atoms with Gasteiger partial charge in [-0.2, -0.15) is 0 Å². The van der Waals surface area contributed by atoms with Gasteiger partial charge in [0.2, 0.25) is 0 Å². The number of likely N-dealkylation sites (N-methyl/N-ethyl adjacent to an activating group) is 1. The molecule has 0 aliphatic carbocycles. The minimum Gasteiger partial charge on any atom is -0.496 e. The zero-order valence-electron chi connectivity index (χ0n) is 11.4. The fourth-order valence-electron chi connectivity index (χ4n) is 2.08. The second kappa shape index (κ2) is 7.07. The van der Waals surface area contributed by atoms with Crippen molar-refractivity contribution in [3.05, 3.63) is 57.3 Å². The molecule has 1 aromatic carbocycles. The van der Waals surface area contributed by atoms with E-state index in [2.05, 4.69) is 26.2 Å². The van der Waals surface area contributed by atoms with Crippen LogP contribution in [0.1, 0.15) is 17.3 Å². The van der Waals surface area contributed by atoms with Crippen LogP contribution in [-0.2, 0) is 6.42 Å². The van der Waals surface area contributed by atoms with E-state index in [1.54, 1.807) is 13.3 Å². The minimum atomic E-state index is 0.0947. The van der Waals surface area contributed by atoms with Crippen LogP contribution in [-0.4, -0.2) is 19.1 Å². The molecule has 5 heteroatoms. The van der Waals surface area contributed by atoms with Gasteiger partial charge in [-0.3, -0.25) is 4.98 Å². The molecule has 1 unspecified atom stereocenters. The number of pyridine rings is 1. The molecule has 0 amide bonds. The standard InChI is InChI=1S/C15H16BrClN2O/c1-18-14(8-12-5-3-10(16)9-19-12)13-7-11(17)4-6-15(13)20-2/h3-7,9,14,18H,8H2,1-2H3. The largest absolute Gasteiger partial charge is 0.496 e. The summed E-state index contributed by atoms with van der Waals surface area (Å²) in [6.07, 6.45) is 2.57.